The van der Waals surface area contributed by atoms with Gasteiger partial charge in [0.1, 0.15) is 5.60 Å². The van der Waals surface area contributed by atoms with Gasteiger partial charge in [-0.2, -0.15) is 0 Å². The zero-order valence-corrected chi connectivity index (χ0v) is 14.4. The minimum Gasteiger partial charge on any atom is -0.444 e. The molecule has 6 nitrogen and oxygen atoms in total. The van der Waals surface area contributed by atoms with Crippen LogP contribution >= 0.6 is 0 Å². The molecule has 23 heavy (non-hydrogen) atoms. The molecule has 1 aromatic rings. The van der Waals surface area contributed by atoms with E-state index in [0.29, 0.717) is 18.8 Å². The van der Waals surface area contributed by atoms with E-state index >= 15 is 0 Å². The van der Waals surface area contributed by atoms with Crippen LogP contribution in [0.1, 0.15) is 33.6 Å². The van der Waals surface area contributed by atoms with Crippen molar-refractivity contribution in [3.8, 4) is 0 Å². The van der Waals surface area contributed by atoms with Gasteiger partial charge in [0.05, 0.1) is 23.2 Å². The maximum atomic E-state index is 12.8. The van der Waals surface area contributed by atoms with Crippen LogP contribution in [0.4, 0.5) is 9.18 Å². The first-order chi connectivity index (χ1) is 10.7. The number of carbonyl (C=O) groups excluding carboxylic acids is 1. The van der Waals surface area contributed by atoms with E-state index in [0.717, 1.165) is 25.2 Å². The number of hydrogen-bond donors (Lipinski definition) is 0. The fraction of sp³-hybridized carbons (Fsp3) is 0.667. The van der Waals surface area contributed by atoms with Gasteiger partial charge in [0.25, 0.3) is 0 Å². The van der Waals surface area contributed by atoms with Crippen LogP contribution in [-0.2, 0) is 15.5 Å². The first kappa shape index (κ1) is 17.8. The Morgan fingerprint density at radius 3 is 2.70 bits per heavy atom. The summed E-state index contributed by atoms with van der Waals surface area (Å²) in [5, 5.41) is 0.126. The lowest BCUT2D eigenvalue weighted by molar-refractivity contribution is 0.0176. The molecule has 0 bridgehead atoms. The highest BCUT2D eigenvalue weighted by Crippen LogP contribution is 2.21. The van der Waals surface area contributed by atoms with E-state index in [1.54, 1.807) is 4.90 Å². The minimum absolute atomic E-state index is 0.0887. The third-order valence-electron chi connectivity index (χ3n) is 3.36. The number of amides is 1. The zero-order chi connectivity index (χ0) is 17.0. The predicted molar refractivity (Wildman–Crippen MR) is 83.8 cm³/mol. The number of rotatable bonds is 3. The average molecular weight is 343 g/mol. The van der Waals surface area contributed by atoms with Gasteiger partial charge in [-0.1, -0.05) is 0 Å². The van der Waals surface area contributed by atoms with Gasteiger partial charge in [-0.25, -0.2) is 19.2 Å². The second-order valence-electron chi connectivity index (χ2n) is 6.63. The van der Waals surface area contributed by atoms with Crippen molar-refractivity contribution in [2.24, 2.45) is 5.92 Å². The number of hydrogen-bond acceptors (Lipinski definition) is 5. The Morgan fingerprint density at radius 1 is 1.43 bits per heavy atom. The summed E-state index contributed by atoms with van der Waals surface area (Å²) in [6.45, 7) is 6.63. The number of carbonyl (C=O) groups is 1. The van der Waals surface area contributed by atoms with Crippen molar-refractivity contribution < 1.29 is 18.1 Å². The van der Waals surface area contributed by atoms with Crippen LogP contribution < -0.4 is 0 Å². The topological polar surface area (TPSA) is 72.4 Å². The molecule has 0 saturated carbocycles. The van der Waals surface area contributed by atoms with E-state index in [9.17, 15) is 13.4 Å². The molecular weight excluding hydrogens is 321 g/mol. The molecule has 1 aliphatic heterocycles. The Kier molecular flexibility index (Phi) is 5.67. The van der Waals surface area contributed by atoms with Crippen LogP contribution in [0.15, 0.2) is 17.6 Å². The summed E-state index contributed by atoms with van der Waals surface area (Å²) < 4.78 is 30.4. The highest BCUT2D eigenvalue weighted by molar-refractivity contribution is 7.84. The highest BCUT2D eigenvalue weighted by Gasteiger charge is 2.29. The molecule has 1 aromatic heterocycles. The van der Waals surface area contributed by atoms with E-state index in [-0.39, 0.29) is 17.2 Å². The van der Waals surface area contributed by atoms with Crippen molar-refractivity contribution in [1.29, 1.82) is 0 Å². The number of likely N-dealkylation sites (tertiary alicyclic amines) is 1. The fourth-order valence-electron chi connectivity index (χ4n) is 2.40. The lowest BCUT2D eigenvalue weighted by Crippen LogP contribution is -2.44. The Morgan fingerprint density at radius 2 is 2.09 bits per heavy atom. The number of aromatic nitrogens is 2. The molecule has 0 unspecified atom stereocenters. The van der Waals surface area contributed by atoms with Crippen LogP contribution in [0.3, 0.4) is 0 Å². The van der Waals surface area contributed by atoms with Gasteiger partial charge in [-0.15, -0.1) is 0 Å². The first-order valence-corrected chi connectivity index (χ1v) is 8.90. The van der Waals surface area contributed by atoms with Crippen molar-refractivity contribution >= 4 is 16.9 Å². The number of nitrogens with zero attached hydrogens (tertiary/aromatic N) is 3. The number of piperidine rings is 1. The summed E-state index contributed by atoms with van der Waals surface area (Å²) in [6, 6.07) is 0. The first-order valence-electron chi connectivity index (χ1n) is 7.58. The van der Waals surface area contributed by atoms with Gasteiger partial charge in [-0.3, -0.25) is 4.21 Å². The SMILES string of the molecule is CC(C)(C)OC(=O)N1CCC[C@H](C[S@@](=O)c2ncc(F)cn2)C1. The molecule has 2 atom stereocenters. The molecule has 2 rings (SSSR count). The molecule has 2 heterocycles. The molecule has 1 aliphatic rings. The summed E-state index contributed by atoms with van der Waals surface area (Å²) in [4.78, 5) is 21.3. The van der Waals surface area contributed by atoms with E-state index in [1.807, 2.05) is 20.8 Å². The smallest absolute Gasteiger partial charge is 0.410 e. The Labute approximate surface area is 137 Å². The largest absolute Gasteiger partial charge is 0.444 e. The monoisotopic (exact) mass is 343 g/mol. The van der Waals surface area contributed by atoms with E-state index in [4.69, 9.17) is 4.74 Å². The molecular formula is C15H22FN3O3S. The number of ether oxygens (including phenoxy) is 1. The molecule has 0 spiro atoms. The van der Waals surface area contributed by atoms with Gasteiger partial charge in [-0.05, 0) is 39.5 Å². The number of halogens is 1. The quantitative estimate of drug-likeness (QED) is 0.788. The summed E-state index contributed by atoms with van der Waals surface area (Å²) in [5.74, 6) is -0.115. The minimum atomic E-state index is -1.40. The van der Waals surface area contributed by atoms with Crippen molar-refractivity contribution in [2.75, 3.05) is 18.8 Å². The summed E-state index contributed by atoms with van der Waals surface area (Å²) >= 11 is 0. The maximum Gasteiger partial charge on any atom is 0.410 e. The molecule has 0 radical (unpaired) electrons. The van der Waals surface area contributed by atoms with Gasteiger partial charge in [0.15, 0.2) is 5.82 Å². The standard InChI is InChI=1S/C15H22FN3O3S/c1-15(2,3)22-14(20)19-6-4-5-11(9-19)10-23(21)13-17-7-12(16)8-18-13/h7-8,11H,4-6,9-10H2,1-3H3/t11-,23+/m0/s1. The van der Waals surface area contributed by atoms with Crippen LogP contribution in [0.5, 0.6) is 0 Å². The van der Waals surface area contributed by atoms with Crippen LogP contribution in [0.25, 0.3) is 0 Å². The van der Waals surface area contributed by atoms with Gasteiger partial charge in [0, 0.05) is 18.8 Å². The highest BCUT2D eigenvalue weighted by atomic mass is 32.2. The fourth-order valence-corrected chi connectivity index (χ4v) is 3.59. The van der Waals surface area contributed by atoms with E-state index in [1.165, 1.54) is 0 Å². The molecule has 128 valence electrons. The van der Waals surface area contributed by atoms with Gasteiger partial charge >= 0.3 is 6.09 Å². The van der Waals surface area contributed by atoms with E-state index < -0.39 is 22.2 Å². The van der Waals surface area contributed by atoms with Crippen molar-refractivity contribution in [3.05, 3.63) is 18.2 Å². The predicted octanol–water partition coefficient (Wildman–Crippen LogP) is 2.37. The normalized spacial score (nSPS) is 20.2. The van der Waals surface area contributed by atoms with E-state index in [2.05, 4.69) is 9.97 Å². The molecule has 0 N–H and O–H groups in total. The third kappa shape index (κ3) is 5.53. The van der Waals surface area contributed by atoms with Crippen LogP contribution in [-0.4, -0.2) is 49.6 Å². The molecule has 1 saturated heterocycles. The molecule has 0 aromatic carbocycles. The third-order valence-corrected chi connectivity index (χ3v) is 4.75. The molecule has 0 aliphatic carbocycles. The van der Waals surface area contributed by atoms with Gasteiger partial charge in [0.2, 0.25) is 5.16 Å². The van der Waals surface area contributed by atoms with Crippen molar-refractivity contribution in [1.82, 2.24) is 14.9 Å². The van der Waals surface area contributed by atoms with Crippen LogP contribution in [0.2, 0.25) is 0 Å². The van der Waals surface area contributed by atoms with Crippen molar-refractivity contribution in [2.45, 2.75) is 44.4 Å². The van der Waals surface area contributed by atoms with Crippen molar-refractivity contribution in [3.63, 3.8) is 0 Å². The van der Waals surface area contributed by atoms with Gasteiger partial charge < -0.3 is 9.64 Å². The summed E-state index contributed by atoms with van der Waals surface area (Å²) in [6.07, 6.45) is 3.39. The summed E-state index contributed by atoms with van der Waals surface area (Å²) in [7, 11) is -1.40. The zero-order valence-electron chi connectivity index (χ0n) is 13.6. The Bertz CT molecular complexity index is 574. The molecule has 1 fully saturated rings. The lowest BCUT2D eigenvalue weighted by atomic mass is 10.0. The summed E-state index contributed by atoms with van der Waals surface area (Å²) in [5.41, 5.74) is -0.533. The molecule has 1 amide bonds. The second kappa shape index (κ2) is 7.33. The Hall–Kier alpha value is -1.57. The lowest BCUT2D eigenvalue weighted by Gasteiger charge is -2.33. The Balaban J connectivity index is 1.92. The average Bonchev–Trinajstić information content (AvgIpc) is 2.46. The maximum absolute atomic E-state index is 12.8. The van der Waals surface area contributed by atoms with Crippen LogP contribution in [0, 0.1) is 11.7 Å². The second-order valence-corrected chi connectivity index (χ2v) is 8.02. The molecule has 8 heteroatoms.